The van der Waals surface area contributed by atoms with Gasteiger partial charge >= 0.3 is 12.1 Å². The van der Waals surface area contributed by atoms with E-state index in [0.717, 1.165) is 22.3 Å². The monoisotopic (exact) mass is 462 g/mol. The maximum atomic E-state index is 13.3. The summed E-state index contributed by atoms with van der Waals surface area (Å²) in [6, 6.07) is 15.4. The SMILES string of the molecule is CC(C)(C)C(NC(=O)OCC1c2ccccc2-c2ccccc21)C(=O)N1CC2CC2(C(=O)O)C1. The van der Waals surface area contributed by atoms with Gasteiger partial charge in [-0.05, 0) is 40.0 Å². The van der Waals surface area contributed by atoms with Gasteiger partial charge in [-0.15, -0.1) is 0 Å². The van der Waals surface area contributed by atoms with Gasteiger partial charge in [0.2, 0.25) is 5.91 Å². The topological polar surface area (TPSA) is 95.9 Å². The third kappa shape index (κ3) is 3.63. The fourth-order valence-electron chi connectivity index (χ4n) is 5.57. The molecule has 2 N–H and O–H groups in total. The summed E-state index contributed by atoms with van der Waals surface area (Å²) in [6.07, 6.45) is -0.0287. The lowest BCUT2D eigenvalue weighted by atomic mass is 9.85. The largest absolute Gasteiger partial charge is 0.481 e. The third-order valence-electron chi connectivity index (χ3n) is 7.60. The Labute approximate surface area is 199 Å². The van der Waals surface area contributed by atoms with Gasteiger partial charge in [0, 0.05) is 19.0 Å². The number of carboxylic acid groups (broad SMARTS) is 1. The summed E-state index contributed by atoms with van der Waals surface area (Å²) >= 11 is 0. The molecule has 5 rings (SSSR count). The van der Waals surface area contributed by atoms with Crippen LogP contribution in [0.1, 0.15) is 44.2 Å². The number of likely N-dealkylation sites (tertiary alicyclic amines) is 1. The van der Waals surface area contributed by atoms with Crippen molar-refractivity contribution in [1.29, 1.82) is 0 Å². The van der Waals surface area contributed by atoms with Gasteiger partial charge in [-0.1, -0.05) is 69.3 Å². The molecule has 2 aliphatic carbocycles. The quantitative estimate of drug-likeness (QED) is 0.703. The van der Waals surface area contributed by atoms with Crippen LogP contribution >= 0.6 is 0 Å². The maximum absolute atomic E-state index is 13.3. The summed E-state index contributed by atoms with van der Waals surface area (Å²) in [6.45, 7) is 6.42. The second kappa shape index (κ2) is 7.86. The van der Waals surface area contributed by atoms with E-state index in [0.29, 0.717) is 13.0 Å². The molecule has 2 aromatic carbocycles. The number of amides is 2. The molecule has 178 valence electrons. The maximum Gasteiger partial charge on any atom is 0.407 e. The Morgan fingerprint density at radius 2 is 1.68 bits per heavy atom. The molecule has 0 spiro atoms. The number of fused-ring (bicyclic) bond motifs is 4. The Balaban J connectivity index is 1.27. The molecule has 3 unspecified atom stereocenters. The van der Waals surface area contributed by atoms with Crippen LogP contribution in [0.2, 0.25) is 0 Å². The molecule has 1 saturated carbocycles. The van der Waals surface area contributed by atoms with Crippen molar-refractivity contribution in [2.75, 3.05) is 19.7 Å². The van der Waals surface area contributed by atoms with Crippen LogP contribution in [0, 0.1) is 16.7 Å². The number of benzene rings is 2. The highest BCUT2D eigenvalue weighted by Gasteiger charge is 2.66. The molecule has 7 nitrogen and oxygen atoms in total. The van der Waals surface area contributed by atoms with Crippen LogP contribution in [0.3, 0.4) is 0 Å². The molecule has 3 aliphatic rings. The fourth-order valence-corrected chi connectivity index (χ4v) is 5.57. The minimum absolute atomic E-state index is 0.00372. The highest BCUT2D eigenvalue weighted by molar-refractivity contribution is 5.89. The summed E-state index contributed by atoms with van der Waals surface area (Å²) < 4.78 is 5.65. The van der Waals surface area contributed by atoms with E-state index in [1.807, 2.05) is 45.0 Å². The first kappa shape index (κ1) is 22.4. The first-order valence-corrected chi connectivity index (χ1v) is 11.8. The van der Waals surface area contributed by atoms with Crippen LogP contribution in [0.15, 0.2) is 48.5 Å². The smallest absolute Gasteiger partial charge is 0.407 e. The highest BCUT2D eigenvalue weighted by atomic mass is 16.5. The number of alkyl carbamates (subject to hydrolysis) is 1. The summed E-state index contributed by atoms with van der Waals surface area (Å²) in [7, 11) is 0. The van der Waals surface area contributed by atoms with E-state index in [1.165, 1.54) is 0 Å². The summed E-state index contributed by atoms with van der Waals surface area (Å²) in [5.74, 6) is -1.16. The Hall–Kier alpha value is -3.35. The van der Waals surface area contributed by atoms with E-state index in [4.69, 9.17) is 4.74 Å². The number of hydrogen-bond donors (Lipinski definition) is 2. The van der Waals surface area contributed by atoms with Gasteiger partial charge in [-0.2, -0.15) is 0 Å². The third-order valence-corrected chi connectivity index (χ3v) is 7.60. The molecule has 1 aliphatic heterocycles. The first-order chi connectivity index (χ1) is 16.1. The molecular formula is C27H30N2O5. The second-order valence-corrected chi connectivity index (χ2v) is 10.9. The first-order valence-electron chi connectivity index (χ1n) is 11.8. The summed E-state index contributed by atoms with van der Waals surface area (Å²) in [5, 5.41) is 12.3. The van der Waals surface area contributed by atoms with E-state index in [2.05, 4.69) is 29.6 Å². The normalized spacial score (nSPS) is 23.5. The Morgan fingerprint density at radius 3 is 2.21 bits per heavy atom. The van der Waals surface area contributed by atoms with Crippen molar-refractivity contribution in [3.05, 3.63) is 59.7 Å². The number of rotatable bonds is 5. The minimum Gasteiger partial charge on any atom is -0.481 e. The molecule has 7 heteroatoms. The molecule has 2 fully saturated rings. The van der Waals surface area contributed by atoms with Gasteiger partial charge in [0.15, 0.2) is 0 Å². The van der Waals surface area contributed by atoms with Gasteiger partial charge in [-0.25, -0.2) is 4.79 Å². The van der Waals surface area contributed by atoms with Gasteiger partial charge in [0.05, 0.1) is 5.41 Å². The van der Waals surface area contributed by atoms with E-state index in [-0.39, 0.29) is 30.9 Å². The van der Waals surface area contributed by atoms with E-state index >= 15 is 0 Å². The molecule has 1 saturated heterocycles. The van der Waals surface area contributed by atoms with Crippen molar-refractivity contribution in [2.45, 2.75) is 39.2 Å². The number of hydrogen-bond acceptors (Lipinski definition) is 4. The molecule has 0 radical (unpaired) electrons. The zero-order valence-corrected chi connectivity index (χ0v) is 19.7. The van der Waals surface area contributed by atoms with Crippen LogP contribution in [0.4, 0.5) is 4.79 Å². The lowest BCUT2D eigenvalue weighted by Crippen LogP contribution is -2.55. The molecule has 2 amide bonds. The highest BCUT2D eigenvalue weighted by Crippen LogP contribution is 2.58. The molecule has 0 bridgehead atoms. The van der Waals surface area contributed by atoms with Crippen LogP contribution in [-0.2, 0) is 14.3 Å². The second-order valence-electron chi connectivity index (χ2n) is 10.9. The number of carbonyl (C=O) groups excluding carboxylic acids is 2. The number of nitrogens with one attached hydrogen (secondary N) is 1. The molecule has 2 aromatic rings. The van der Waals surface area contributed by atoms with Crippen molar-refractivity contribution >= 4 is 18.0 Å². The molecule has 0 aromatic heterocycles. The van der Waals surface area contributed by atoms with Crippen molar-refractivity contribution in [3.63, 3.8) is 0 Å². The predicted molar refractivity (Wildman–Crippen MR) is 126 cm³/mol. The minimum atomic E-state index is -0.843. The fraction of sp³-hybridized carbons (Fsp3) is 0.444. The Morgan fingerprint density at radius 1 is 1.09 bits per heavy atom. The predicted octanol–water partition coefficient (Wildman–Crippen LogP) is 3.87. The standard InChI is InChI=1S/C27H30N2O5/c1-26(2,3)22(23(30)29-13-16-12-27(16,15-29)24(31)32)28-25(33)34-14-21-19-10-6-4-8-17(19)18-9-5-7-11-20(18)21/h4-11,16,21-22H,12-15H2,1-3H3,(H,28,33)(H,31,32). The number of carboxylic acids is 1. The lowest BCUT2D eigenvalue weighted by molar-refractivity contribution is -0.144. The number of nitrogens with zero attached hydrogens (tertiary/aromatic N) is 1. The van der Waals surface area contributed by atoms with E-state index < -0.39 is 28.9 Å². The van der Waals surface area contributed by atoms with Gasteiger partial charge < -0.3 is 20.1 Å². The number of ether oxygens (including phenoxy) is 1. The van der Waals surface area contributed by atoms with Crippen LogP contribution in [0.25, 0.3) is 11.1 Å². The van der Waals surface area contributed by atoms with E-state index in [1.54, 1.807) is 4.90 Å². The Bertz CT molecular complexity index is 1120. The van der Waals surface area contributed by atoms with Gasteiger partial charge in [-0.3, -0.25) is 9.59 Å². The zero-order valence-electron chi connectivity index (χ0n) is 19.7. The van der Waals surface area contributed by atoms with Crippen molar-refractivity contribution in [2.24, 2.45) is 16.7 Å². The Kier molecular flexibility index (Phi) is 5.19. The number of piperidine rings is 1. The molecule has 34 heavy (non-hydrogen) atoms. The van der Waals surface area contributed by atoms with Crippen molar-refractivity contribution < 1.29 is 24.2 Å². The van der Waals surface area contributed by atoms with Crippen LogP contribution in [0.5, 0.6) is 0 Å². The van der Waals surface area contributed by atoms with Gasteiger partial charge in [0.25, 0.3) is 0 Å². The van der Waals surface area contributed by atoms with Gasteiger partial charge in [0.1, 0.15) is 12.6 Å². The molecule has 1 heterocycles. The average Bonchev–Trinajstić information content (AvgIpc) is 3.23. The van der Waals surface area contributed by atoms with Crippen LogP contribution < -0.4 is 5.32 Å². The van der Waals surface area contributed by atoms with Crippen LogP contribution in [-0.4, -0.2) is 53.7 Å². The van der Waals surface area contributed by atoms with E-state index in [9.17, 15) is 19.5 Å². The zero-order chi connectivity index (χ0) is 24.3. The lowest BCUT2D eigenvalue weighted by Gasteiger charge is -2.34. The number of aliphatic carboxylic acids is 1. The van der Waals surface area contributed by atoms with Crippen molar-refractivity contribution in [1.82, 2.24) is 10.2 Å². The summed E-state index contributed by atoms with van der Waals surface area (Å²) in [4.78, 5) is 39.4. The average molecular weight is 463 g/mol. The van der Waals surface area contributed by atoms with Crippen molar-refractivity contribution in [3.8, 4) is 11.1 Å². The molecule has 3 atom stereocenters. The molecular weight excluding hydrogens is 432 g/mol. The summed E-state index contributed by atoms with van der Waals surface area (Å²) in [5.41, 5.74) is 3.17. The number of carbonyl (C=O) groups is 3.